The summed E-state index contributed by atoms with van der Waals surface area (Å²) in [5.74, 6) is 0.00197. The molecule has 4 nitrogen and oxygen atoms in total. The van der Waals surface area contributed by atoms with Gasteiger partial charge in [0.05, 0.1) is 5.75 Å². The third kappa shape index (κ3) is 8.23. The molecule has 0 aromatic heterocycles. The lowest BCUT2D eigenvalue weighted by Gasteiger charge is -2.32. The Morgan fingerprint density at radius 3 is 2.31 bits per heavy atom. The zero-order valence-electron chi connectivity index (χ0n) is 21.1. The summed E-state index contributed by atoms with van der Waals surface area (Å²) in [4.78, 5) is 28.8. The summed E-state index contributed by atoms with van der Waals surface area (Å²) < 4.78 is 14.1. The van der Waals surface area contributed by atoms with Gasteiger partial charge in [0, 0.05) is 25.3 Å². The maximum Gasteiger partial charge on any atom is 0.243 e. The molecule has 2 amide bonds. The first kappa shape index (κ1) is 27.5. The van der Waals surface area contributed by atoms with Crippen molar-refractivity contribution in [1.82, 2.24) is 10.2 Å². The topological polar surface area (TPSA) is 49.4 Å². The van der Waals surface area contributed by atoms with Crippen LogP contribution >= 0.6 is 11.8 Å². The fourth-order valence-electron chi connectivity index (χ4n) is 3.98. The van der Waals surface area contributed by atoms with Crippen LogP contribution in [0.2, 0.25) is 0 Å². The summed E-state index contributed by atoms with van der Waals surface area (Å²) >= 11 is 1.37. The van der Waals surface area contributed by atoms with Crippen LogP contribution in [0.15, 0.2) is 78.9 Å². The van der Waals surface area contributed by atoms with Crippen molar-refractivity contribution in [2.75, 3.05) is 12.3 Å². The Hall–Kier alpha value is -3.12. The van der Waals surface area contributed by atoms with E-state index < -0.39 is 6.04 Å². The molecule has 0 saturated heterocycles. The van der Waals surface area contributed by atoms with Gasteiger partial charge in [-0.25, -0.2) is 4.39 Å². The second-order valence-electron chi connectivity index (χ2n) is 8.88. The molecule has 0 fully saturated rings. The van der Waals surface area contributed by atoms with Crippen molar-refractivity contribution in [2.24, 2.45) is 0 Å². The van der Waals surface area contributed by atoms with Crippen LogP contribution in [-0.4, -0.2) is 35.1 Å². The third-order valence-electron chi connectivity index (χ3n) is 6.14. The fraction of sp³-hybridized carbons (Fsp3) is 0.333. The molecular formula is C30H35FN2O2S. The number of amides is 2. The third-order valence-corrected chi connectivity index (χ3v) is 7.11. The Balaban J connectivity index is 1.85. The smallest absolute Gasteiger partial charge is 0.243 e. The van der Waals surface area contributed by atoms with Crippen molar-refractivity contribution < 1.29 is 14.0 Å². The SMILES string of the molecule is CCCCNC(=O)C(Cc1ccccc1)N(Cc1ccccc1C)C(=O)CSCc1ccccc1F. The molecule has 0 spiro atoms. The number of thioether (sulfide) groups is 1. The zero-order valence-corrected chi connectivity index (χ0v) is 21.9. The molecule has 0 aliphatic rings. The molecule has 0 heterocycles. The highest BCUT2D eigenvalue weighted by Crippen LogP contribution is 2.20. The molecule has 0 saturated carbocycles. The van der Waals surface area contributed by atoms with Gasteiger partial charge < -0.3 is 10.2 Å². The van der Waals surface area contributed by atoms with Crippen molar-refractivity contribution in [3.8, 4) is 0 Å². The average molecular weight is 507 g/mol. The number of nitrogens with zero attached hydrogens (tertiary/aromatic N) is 1. The number of unbranched alkanes of at least 4 members (excludes halogenated alkanes) is 1. The minimum Gasteiger partial charge on any atom is -0.354 e. The van der Waals surface area contributed by atoms with Crippen molar-refractivity contribution in [1.29, 1.82) is 0 Å². The molecule has 1 N–H and O–H groups in total. The van der Waals surface area contributed by atoms with E-state index in [0.717, 1.165) is 29.5 Å². The van der Waals surface area contributed by atoms with Gasteiger partial charge in [-0.15, -0.1) is 11.8 Å². The molecule has 0 aliphatic heterocycles. The summed E-state index contributed by atoms with van der Waals surface area (Å²) in [5.41, 5.74) is 3.64. The number of carbonyl (C=O) groups excluding carboxylic acids is 2. The van der Waals surface area contributed by atoms with E-state index >= 15 is 0 Å². The molecule has 1 unspecified atom stereocenters. The van der Waals surface area contributed by atoms with E-state index in [2.05, 4.69) is 12.2 Å². The van der Waals surface area contributed by atoms with Crippen molar-refractivity contribution in [2.45, 2.75) is 51.4 Å². The maximum absolute atomic E-state index is 14.1. The van der Waals surface area contributed by atoms with Crippen LogP contribution in [0.3, 0.4) is 0 Å². The van der Waals surface area contributed by atoms with Crippen LogP contribution in [0, 0.1) is 12.7 Å². The van der Waals surface area contributed by atoms with Gasteiger partial charge in [-0.05, 0) is 41.7 Å². The van der Waals surface area contributed by atoms with Crippen LogP contribution in [-0.2, 0) is 28.3 Å². The van der Waals surface area contributed by atoms with Gasteiger partial charge >= 0.3 is 0 Å². The van der Waals surface area contributed by atoms with Crippen LogP contribution in [0.25, 0.3) is 0 Å². The molecule has 0 aliphatic carbocycles. The summed E-state index contributed by atoms with van der Waals surface area (Å²) in [6.07, 6.45) is 2.28. The zero-order chi connectivity index (χ0) is 25.8. The lowest BCUT2D eigenvalue weighted by molar-refractivity contribution is -0.139. The highest BCUT2D eigenvalue weighted by Gasteiger charge is 2.30. The molecule has 3 aromatic carbocycles. The van der Waals surface area contributed by atoms with Crippen LogP contribution < -0.4 is 5.32 Å². The highest BCUT2D eigenvalue weighted by atomic mass is 32.2. The standard InChI is InChI=1S/C30H35FN2O2S/c1-3-4-18-32-30(35)28(19-24-13-6-5-7-14-24)33(20-25-15-9-8-12-23(25)2)29(34)22-36-21-26-16-10-11-17-27(26)31/h5-17,28H,3-4,18-22H2,1-2H3,(H,32,35). The predicted molar refractivity (Wildman–Crippen MR) is 146 cm³/mol. The Bertz CT molecular complexity index is 1120. The molecule has 1 atom stereocenters. The van der Waals surface area contributed by atoms with E-state index in [1.165, 1.54) is 17.8 Å². The van der Waals surface area contributed by atoms with Gasteiger partial charge in [0.15, 0.2) is 0 Å². The molecule has 190 valence electrons. The Morgan fingerprint density at radius 1 is 0.944 bits per heavy atom. The molecule has 6 heteroatoms. The largest absolute Gasteiger partial charge is 0.354 e. The Morgan fingerprint density at radius 2 is 1.61 bits per heavy atom. The maximum atomic E-state index is 14.1. The summed E-state index contributed by atoms with van der Waals surface area (Å²) in [6, 6.07) is 23.7. The van der Waals surface area contributed by atoms with Crippen molar-refractivity contribution >= 4 is 23.6 Å². The number of hydrogen-bond donors (Lipinski definition) is 1. The lowest BCUT2D eigenvalue weighted by atomic mass is 10.0. The first-order valence-corrected chi connectivity index (χ1v) is 13.6. The minimum atomic E-state index is -0.648. The Kier molecular flexibility index (Phi) is 11.0. The molecule has 3 rings (SSSR count). The second-order valence-corrected chi connectivity index (χ2v) is 9.87. The van der Waals surface area contributed by atoms with Crippen LogP contribution in [0.4, 0.5) is 4.39 Å². The number of nitrogens with one attached hydrogen (secondary N) is 1. The number of benzene rings is 3. The number of halogens is 1. The average Bonchev–Trinajstić information content (AvgIpc) is 2.89. The van der Waals surface area contributed by atoms with Gasteiger partial charge in [-0.2, -0.15) is 0 Å². The van der Waals surface area contributed by atoms with Crippen molar-refractivity contribution in [3.63, 3.8) is 0 Å². The van der Waals surface area contributed by atoms with Gasteiger partial charge in [-0.3, -0.25) is 9.59 Å². The summed E-state index contributed by atoms with van der Waals surface area (Å²) in [5, 5.41) is 3.04. The number of hydrogen-bond acceptors (Lipinski definition) is 3. The first-order chi connectivity index (χ1) is 17.5. The van der Waals surface area contributed by atoms with E-state index in [-0.39, 0.29) is 23.4 Å². The number of rotatable bonds is 13. The Labute approximate surface area is 218 Å². The minimum absolute atomic E-state index is 0.133. The molecule has 36 heavy (non-hydrogen) atoms. The quantitative estimate of drug-likeness (QED) is 0.293. The monoisotopic (exact) mass is 506 g/mol. The van der Waals surface area contributed by atoms with Gasteiger partial charge in [0.2, 0.25) is 11.8 Å². The van der Waals surface area contributed by atoms with Crippen molar-refractivity contribution in [3.05, 3.63) is 107 Å². The molecule has 0 radical (unpaired) electrons. The predicted octanol–water partition coefficient (Wildman–Crippen LogP) is 5.92. The van der Waals surface area contributed by atoms with E-state index in [1.807, 2.05) is 61.5 Å². The molecular weight excluding hydrogens is 471 g/mol. The molecule has 0 bridgehead atoms. The summed E-state index contributed by atoms with van der Waals surface area (Å²) in [6.45, 7) is 5.01. The van der Waals surface area contributed by atoms with Gasteiger partial charge in [-0.1, -0.05) is 86.1 Å². The number of carbonyl (C=O) groups is 2. The lowest BCUT2D eigenvalue weighted by Crippen LogP contribution is -2.51. The van der Waals surface area contributed by atoms with Gasteiger partial charge in [0.25, 0.3) is 0 Å². The highest BCUT2D eigenvalue weighted by molar-refractivity contribution is 7.99. The fourth-order valence-corrected chi connectivity index (χ4v) is 4.87. The van der Waals surface area contributed by atoms with E-state index in [9.17, 15) is 14.0 Å². The number of aryl methyl sites for hydroxylation is 1. The summed E-state index contributed by atoms with van der Waals surface area (Å²) in [7, 11) is 0. The normalized spacial score (nSPS) is 11.6. The van der Waals surface area contributed by atoms with Gasteiger partial charge in [0.1, 0.15) is 11.9 Å². The van der Waals surface area contributed by atoms with E-state index in [4.69, 9.17) is 0 Å². The van der Waals surface area contributed by atoms with Crippen LogP contribution in [0.5, 0.6) is 0 Å². The van der Waals surface area contributed by atoms with E-state index in [1.54, 1.807) is 23.1 Å². The van der Waals surface area contributed by atoms with E-state index in [0.29, 0.717) is 30.8 Å². The van der Waals surface area contributed by atoms with Crippen LogP contribution in [0.1, 0.15) is 42.0 Å². The first-order valence-electron chi connectivity index (χ1n) is 12.5. The second kappa shape index (κ2) is 14.4. The molecule has 3 aromatic rings.